The van der Waals surface area contributed by atoms with Gasteiger partial charge in [0.15, 0.2) is 0 Å². The van der Waals surface area contributed by atoms with E-state index in [1.54, 1.807) is 70.2 Å². The van der Waals surface area contributed by atoms with Crippen molar-refractivity contribution in [3.63, 3.8) is 0 Å². The van der Waals surface area contributed by atoms with E-state index in [2.05, 4.69) is 31.4 Å². The van der Waals surface area contributed by atoms with Gasteiger partial charge in [-0.25, -0.2) is 9.59 Å². The second-order valence-electron chi connectivity index (χ2n) is 18.2. The van der Waals surface area contributed by atoms with Crippen molar-refractivity contribution >= 4 is 36.8 Å². The summed E-state index contributed by atoms with van der Waals surface area (Å²) in [6.07, 6.45) is 1.66. The zero-order valence-corrected chi connectivity index (χ0v) is 36.3. The van der Waals surface area contributed by atoms with Gasteiger partial charge in [-0.1, -0.05) is 80.6 Å². The summed E-state index contributed by atoms with van der Waals surface area (Å²) in [4.78, 5) is 70.5. The molecule has 1 unspecified atom stereocenters. The van der Waals surface area contributed by atoms with Gasteiger partial charge in [0, 0.05) is 19.6 Å². The molecule has 6 atom stereocenters. The zero-order chi connectivity index (χ0) is 43.9. The number of carbonyl (C=O) groups is 5. The summed E-state index contributed by atoms with van der Waals surface area (Å²) >= 11 is 0. The number of imide groups is 1. The van der Waals surface area contributed by atoms with Gasteiger partial charge in [-0.15, -0.1) is 0 Å². The Labute approximate surface area is 358 Å². The molecule has 2 aliphatic heterocycles. The van der Waals surface area contributed by atoms with Crippen LogP contribution >= 0.6 is 0 Å². The van der Waals surface area contributed by atoms with Crippen molar-refractivity contribution in [2.45, 2.75) is 104 Å². The number of urea groups is 1. The smallest absolute Gasteiger partial charge is 0.482 e. The van der Waals surface area contributed by atoms with Gasteiger partial charge < -0.3 is 39.1 Å². The van der Waals surface area contributed by atoms with Gasteiger partial charge in [0.2, 0.25) is 5.91 Å². The van der Waals surface area contributed by atoms with E-state index in [0.717, 1.165) is 23.3 Å². The molecule has 2 bridgehead atoms. The monoisotopic (exact) mass is 836 g/mol. The zero-order valence-electron chi connectivity index (χ0n) is 36.3. The van der Waals surface area contributed by atoms with E-state index in [-0.39, 0.29) is 60.6 Å². The molecular weight excluding hydrogens is 779 g/mol. The minimum absolute atomic E-state index is 0.0247. The first-order valence-corrected chi connectivity index (χ1v) is 21.1. The predicted octanol–water partition coefficient (Wildman–Crippen LogP) is 5.67. The van der Waals surface area contributed by atoms with Gasteiger partial charge in [-0.2, -0.15) is 0 Å². The lowest BCUT2D eigenvalue weighted by Crippen LogP contribution is -2.65. The number of likely N-dealkylation sites (N-methyl/N-ethyl adjacent to an activating group) is 1. The number of methoxy groups -OCH3 is 1. The van der Waals surface area contributed by atoms with Gasteiger partial charge >= 0.3 is 30.9 Å². The normalized spacial score (nSPS) is 23.9. The molecule has 3 aromatic rings. The third-order valence-electron chi connectivity index (χ3n) is 12.9. The Kier molecular flexibility index (Phi) is 12.3. The summed E-state index contributed by atoms with van der Waals surface area (Å²) in [6, 6.07) is 19.5. The van der Waals surface area contributed by atoms with Crippen molar-refractivity contribution in [2.24, 2.45) is 17.3 Å². The number of nitrogens with zero attached hydrogens (tertiary/aromatic N) is 2. The molecular formula is C46H57BN4O10. The molecule has 2 saturated heterocycles. The van der Waals surface area contributed by atoms with Gasteiger partial charge in [0.1, 0.15) is 35.3 Å². The molecule has 2 N–H and O–H groups in total. The number of piperazine rings is 1. The summed E-state index contributed by atoms with van der Waals surface area (Å²) in [7, 11) is 0.522. The van der Waals surface area contributed by atoms with Crippen molar-refractivity contribution < 1.29 is 47.5 Å². The number of amides is 5. The second kappa shape index (κ2) is 17.2. The highest BCUT2D eigenvalue weighted by Crippen LogP contribution is 2.65. The van der Waals surface area contributed by atoms with Gasteiger partial charge in [-0.3, -0.25) is 19.3 Å². The highest BCUT2D eigenvalue weighted by atomic mass is 16.7. The Morgan fingerprint density at radius 2 is 1.61 bits per heavy atom. The van der Waals surface area contributed by atoms with E-state index in [0.29, 0.717) is 23.6 Å². The molecule has 5 aliphatic rings. The summed E-state index contributed by atoms with van der Waals surface area (Å²) in [6.45, 7) is 14.4. The van der Waals surface area contributed by atoms with Crippen LogP contribution in [-0.4, -0.2) is 96.6 Å². The SMILES string of the molecule is CCN1CCN(C(=O)NC(C(=O)N[C@@H](Cc2ccc(OCc3ccccc3)c(C(=O)OC(C)(C)C)c2OC)B2O[C@@H]3C[C@@H]4C[C@@H](C4(C)C)[C@]3(C)O2)c2ccccc2)C(=O)C1=O. The molecule has 0 aromatic heterocycles. The van der Waals surface area contributed by atoms with E-state index >= 15 is 0 Å². The fourth-order valence-corrected chi connectivity index (χ4v) is 9.49. The van der Waals surface area contributed by atoms with Crippen LogP contribution in [0.25, 0.3) is 0 Å². The third kappa shape index (κ3) is 8.72. The fourth-order valence-electron chi connectivity index (χ4n) is 9.49. The van der Waals surface area contributed by atoms with Crippen LogP contribution in [0.15, 0.2) is 72.8 Å². The van der Waals surface area contributed by atoms with Crippen LogP contribution in [0.2, 0.25) is 0 Å². The summed E-state index contributed by atoms with van der Waals surface area (Å²) in [5.41, 5.74) is 0.546. The van der Waals surface area contributed by atoms with Gasteiger partial charge in [0.05, 0.1) is 24.8 Å². The first-order chi connectivity index (χ1) is 28.9. The second-order valence-corrected chi connectivity index (χ2v) is 18.2. The molecule has 5 amide bonds. The Morgan fingerprint density at radius 1 is 0.918 bits per heavy atom. The van der Waals surface area contributed by atoms with E-state index in [9.17, 15) is 24.0 Å². The maximum absolute atomic E-state index is 14.8. The molecule has 0 radical (unpaired) electrons. The van der Waals surface area contributed by atoms with E-state index in [1.165, 1.54) is 12.0 Å². The van der Waals surface area contributed by atoms with E-state index in [4.69, 9.17) is 23.5 Å². The van der Waals surface area contributed by atoms with Crippen molar-refractivity contribution in [3.05, 3.63) is 95.1 Å². The third-order valence-corrected chi connectivity index (χ3v) is 12.9. The van der Waals surface area contributed by atoms with Crippen molar-refractivity contribution in [2.75, 3.05) is 26.7 Å². The number of rotatable bonds is 13. The number of esters is 1. The highest BCUT2D eigenvalue weighted by Gasteiger charge is 2.68. The first-order valence-electron chi connectivity index (χ1n) is 21.1. The number of ether oxygens (including phenoxy) is 3. The van der Waals surface area contributed by atoms with Crippen LogP contribution in [0.3, 0.4) is 0 Å². The van der Waals surface area contributed by atoms with Crippen molar-refractivity contribution in [1.82, 2.24) is 20.4 Å². The molecule has 15 heteroatoms. The Hall–Kier alpha value is -5.41. The van der Waals surface area contributed by atoms with Crippen LogP contribution in [0.4, 0.5) is 4.79 Å². The van der Waals surface area contributed by atoms with Crippen LogP contribution in [0.5, 0.6) is 11.5 Å². The Balaban J connectivity index is 1.23. The Morgan fingerprint density at radius 3 is 2.25 bits per heavy atom. The molecule has 14 nitrogen and oxygen atoms in total. The maximum Gasteiger partial charge on any atom is 0.482 e. The van der Waals surface area contributed by atoms with Crippen LogP contribution < -0.4 is 20.1 Å². The molecule has 5 fully saturated rings. The largest absolute Gasteiger partial charge is 0.495 e. The minimum Gasteiger partial charge on any atom is -0.495 e. The predicted molar refractivity (Wildman–Crippen MR) is 226 cm³/mol. The minimum atomic E-state index is -1.29. The van der Waals surface area contributed by atoms with Crippen molar-refractivity contribution in [3.8, 4) is 11.5 Å². The quantitative estimate of drug-likeness (QED) is 0.125. The first kappa shape index (κ1) is 43.7. The summed E-state index contributed by atoms with van der Waals surface area (Å²) in [5.74, 6) is -2.74. The molecule has 3 aliphatic carbocycles. The number of benzene rings is 3. The van der Waals surface area contributed by atoms with Crippen LogP contribution in [-0.2, 0) is 41.5 Å². The number of hydrogen-bond donors (Lipinski definition) is 2. The van der Waals surface area contributed by atoms with Crippen LogP contribution in [0.1, 0.15) is 94.4 Å². The average Bonchev–Trinajstić information content (AvgIpc) is 3.60. The van der Waals surface area contributed by atoms with Crippen molar-refractivity contribution in [1.29, 1.82) is 0 Å². The van der Waals surface area contributed by atoms with Crippen LogP contribution in [0, 0.1) is 17.3 Å². The lowest BCUT2D eigenvalue weighted by Gasteiger charge is -2.64. The molecule has 0 spiro atoms. The number of hydrogen-bond acceptors (Lipinski definition) is 10. The highest BCUT2D eigenvalue weighted by molar-refractivity contribution is 6.48. The average molecular weight is 837 g/mol. The molecule has 3 saturated carbocycles. The van der Waals surface area contributed by atoms with Gasteiger partial charge in [0.25, 0.3) is 0 Å². The number of carbonyl (C=O) groups excluding carboxylic acids is 5. The number of nitrogens with one attached hydrogen (secondary N) is 2. The molecule has 8 rings (SSSR count). The summed E-state index contributed by atoms with van der Waals surface area (Å²) in [5, 5.41) is 5.87. The summed E-state index contributed by atoms with van der Waals surface area (Å²) < 4.78 is 31.8. The Bertz CT molecular complexity index is 2150. The van der Waals surface area contributed by atoms with Gasteiger partial charge in [-0.05, 0) is 93.9 Å². The molecule has 3 aromatic carbocycles. The fraction of sp³-hybridized carbons (Fsp3) is 0.500. The lowest BCUT2D eigenvalue weighted by atomic mass is 9.43. The topological polar surface area (TPSA) is 162 Å². The lowest BCUT2D eigenvalue weighted by molar-refractivity contribution is -0.199. The maximum atomic E-state index is 14.8. The van der Waals surface area contributed by atoms with E-state index < -0.39 is 60.0 Å². The molecule has 61 heavy (non-hydrogen) atoms. The standard InChI is InChI=1S/C46H57BN4O10/c1-9-50-22-23-51(41(54)40(50)53)43(56)49-37(29-18-14-11-15-19-29)39(52)48-35(47-60-34-26-31-25-33(45(31,5)6)46(34,7)61-47)24-30-20-21-32(58-27-28-16-12-10-13-17-28)36(38(30)57-8)42(55)59-44(2,3)4/h10-21,31,33-35,37H,9,22-27H2,1-8H3,(H,48,52)(H,49,56)/t31-,33-,34+,35-,37?,46-/m0/s1. The van der Waals surface area contributed by atoms with E-state index in [1.807, 2.05) is 30.3 Å². The molecule has 324 valence electrons. The molecule has 2 heterocycles.